The van der Waals surface area contributed by atoms with Gasteiger partial charge in [-0.25, -0.2) is 0 Å². The lowest BCUT2D eigenvalue weighted by atomic mass is 10.2. The van der Waals surface area contributed by atoms with E-state index in [1.54, 1.807) is 19.3 Å². The number of carbonyl (C=O) groups is 1. The Morgan fingerprint density at radius 3 is 2.88 bits per heavy atom. The number of aryl methyl sites for hydroxylation is 1. The average Bonchev–Trinajstić information content (AvgIpc) is 3.07. The molecule has 0 aliphatic heterocycles. The van der Waals surface area contributed by atoms with E-state index in [0.717, 1.165) is 16.8 Å². The molecule has 0 amide bonds. The zero-order valence-corrected chi connectivity index (χ0v) is 15.9. The number of carbonyl (C=O) groups excluding carboxylic acids is 1. The fourth-order valence-electron chi connectivity index (χ4n) is 2.41. The fraction of sp³-hybridized carbons (Fsp3) is 0.222. The minimum Gasteiger partial charge on any atom is -0.465 e. The molecule has 0 atom stereocenters. The van der Waals surface area contributed by atoms with Crippen molar-refractivity contribution in [2.45, 2.75) is 19.0 Å². The maximum atomic E-state index is 11.7. The lowest BCUT2D eigenvalue weighted by molar-refractivity contribution is -0.139. The van der Waals surface area contributed by atoms with Gasteiger partial charge in [0.15, 0.2) is 11.0 Å². The van der Waals surface area contributed by atoms with Crippen molar-refractivity contribution < 1.29 is 9.53 Å². The molecule has 0 aliphatic carbocycles. The summed E-state index contributed by atoms with van der Waals surface area (Å²) in [5.74, 6) is 0.492. The fourth-order valence-corrected chi connectivity index (χ4v) is 3.32. The van der Waals surface area contributed by atoms with Gasteiger partial charge in [0.2, 0.25) is 0 Å². The van der Waals surface area contributed by atoms with Crippen molar-refractivity contribution in [3.8, 4) is 17.1 Å². The average molecular weight is 389 g/mol. The molecule has 2 aromatic heterocycles. The highest BCUT2D eigenvalue weighted by molar-refractivity contribution is 7.99. The topological polar surface area (TPSA) is 69.9 Å². The second-order valence-corrected chi connectivity index (χ2v) is 6.79. The molecule has 2 heterocycles. The lowest BCUT2D eigenvalue weighted by Crippen LogP contribution is -2.08. The van der Waals surface area contributed by atoms with Gasteiger partial charge in [-0.2, -0.15) is 0 Å². The molecule has 0 aliphatic rings. The minimum absolute atomic E-state index is 0.151. The Bertz CT molecular complexity index is 915. The van der Waals surface area contributed by atoms with Crippen LogP contribution in [0, 0.1) is 6.92 Å². The van der Waals surface area contributed by atoms with Gasteiger partial charge in [-0.1, -0.05) is 29.4 Å². The zero-order valence-electron chi connectivity index (χ0n) is 14.3. The third-order valence-electron chi connectivity index (χ3n) is 3.59. The minimum atomic E-state index is -0.294. The number of benzene rings is 1. The van der Waals surface area contributed by atoms with Gasteiger partial charge >= 0.3 is 5.97 Å². The van der Waals surface area contributed by atoms with Crippen LogP contribution in [0.2, 0.25) is 5.02 Å². The van der Waals surface area contributed by atoms with Crippen molar-refractivity contribution in [2.75, 3.05) is 12.4 Å². The normalized spacial score (nSPS) is 10.7. The first-order chi connectivity index (χ1) is 12.6. The third kappa shape index (κ3) is 4.05. The predicted molar refractivity (Wildman–Crippen MR) is 102 cm³/mol. The molecule has 0 N–H and O–H groups in total. The van der Waals surface area contributed by atoms with Crippen molar-refractivity contribution in [1.82, 2.24) is 19.7 Å². The number of rotatable bonds is 6. The number of thioether (sulfide) groups is 1. The summed E-state index contributed by atoms with van der Waals surface area (Å²) >= 11 is 7.48. The van der Waals surface area contributed by atoms with Crippen molar-refractivity contribution >= 4 is 29.3 Å². The molecule has 0 saturated carbocycles. The first-order valence-electron chi connectivity index (χ1n) is 8.01. The van der Waals surface area contributed by atoms with Crippen molar-refractivity contribution in [3.63, 3.8) is 0 Å². The lowest BCUT2D eigenvalue weighted by Gasteiger charge is -2.13. The summed E-state index contributed by atoms with van der Waals surface area (Å²) in [6.07, 6.45) is 3.42. The van der Waals surface area contributed by atoms with E-state index in [0.29, 0.717) is 22.6 Å². The summed E-state index contributed by atoms with van der Waals surface area (Å²) in [5, 5.41) is 9.78. The molecule has 0 fully saturated rings. The van der Waals surface area contributed by atoms with Gasteiger partial charge < -0.3 is 4.74 Å². The van der Waals surface area contributed by atoms with E-state index >= 15 is 0 Å². The Hall–Kier alpha value is -2.38. The van der Waals surface area contributed by atoms with Crippen LogP contribution in [0.5, 0.6) is 0 Å². The second-order valence-electron chi connectivity index (χ2n) is 5.41. The molecule has 3 aromatic rings. The second kappa shape index (κ2) is 8.33. The van der Waals surface area contributed by atoms with Crippen molar-refractivity contribution in [2.24, 2.45) is 0 Å². The molecule has 3 rings (SSSR count). The van der Waals surface area contributed by atoms with E-state index in [1.807, 2.05) is 41.8 Å². The largest absolute Gasteiger partial charge is 0.465 e. The summed E-state index contributed by atoms with van der Waals surface area (Å²) in [6, 6.07) is 9.37. The number of hydrogen-bond acceptors (Lipinski definition) is 6. The van der Waals surface area contributed by atoms with E-state index in [1.165, 1.54) is 11.8 Å². The highest BCUT2D eigenvalue weighted by atomic mass is 35.5. The van der Waals surface area contributed by atoms with E-state index in [9.17, 15) is 4.79 Å². The third-order valence-corrected chi connectivity index (χ3v) is 4.73. The van der Waals surface area contributed by atoms with Crippen LogP contribution < -0.4 is 0 Å². The smallest absolute Gasteiger partial charge is 0.316 e. The Morgan fingerprint density at radius 2 is 2.15 bits per heavy atom. The number of nitrogens with zero attached hydrogens (tertiary/aromatic N) is 4. The summed E-state index contributed by atoms with van der Waals surface area (Å²) in [4.78, 5) is 15.9. The molecule has 1 aromatic carbocycles. The summed E-state index contributed by atoms with van der Waals surface area (Å²) in [6.45, 7) is 4.11. The van der Waals surface area contributed by atoms with Crippen LogP contribution in [0.1, 0.15) is 12.5 Å². The van der Waals surface area contributed by atoms with Gasteiger partial charge in [-0.15, -0.1) is 10.2 Å². The van der Waals surface area contributed by atoms with E-state index in [-0.39, 0.29) is 11.7 Å². The maximum absolute atomic E-state index is 11.7. The first-order valence-corrected chi connectivity index (χ1v) is 9.37. The molecule has 26 heavy (non-hydrogen) atoms. The number of hydrogen-bond donors (Lipinski definition) is 0. The Labute approximate surface area is 160 Å². The zero-order chi connectivity index (χ0) is 18.5. The van der Waals surface area contributed by atoms with Gasteiger partial charge in [-0.05, 0) is 43.7 Å². The van der Waals surface area contributed by atoms with Gasteiger partial charge in [0.1, 0.15) is 0 Å². The van der Waals surface area contributed by atoms with Crippen LogP contribution in [0.25, 0.3) is 17.1 Å². The summed E-state index contributed by atoms with van der Waals surface area (Å²) < 4.78 is 6.89. The molecule has 134 valence electrons. The molecule has 0 unspecified atom stereocenters. The van der Waals surface area contributed by atoms with Gasteiger partial charge in [0.05, 0.1) is 18.0 Å². The van der Waals surface area contributed by atoms with Crippen LogP contribution >= 0.6 is 23.4 Å². The molecular weight excluding hydrogens is 372 g/mol. The number of ether oxygens (including phenoxy) is 1. The van der Waals surface area contributed by atoms with Gasteiger partial charge in [0.25, 0.3) is 0 Å². The van der Waals surface area contributed by atoms with E-state index < -0.39 is 0 Å². The van der Waals surface area contributed by atoms with Crippen LogP contribution in [0.15, 0.2) is 47.9 Å². The number of aromatic nitrogens is 4. The summed E-state index contributed by atoms with van der Waals surface area (Å²) in [7, 11) is 0. The summed E-state index contributed by atoms with van der Waals surface area (Å²) in [5.41, 5.74) is 2.69. The monoisotopic (exact) mass is 388 g/mol. The van der Waals surface area contributed by atoms with Gasteiger partial charge in [-0.3, -0.25) is 14.3 Å². The maximum Gasteiger partial charge on any atom is 0.316 e. The molecule has 0 spiro atoms. The molecular formula is C18H17ClN4O2S. The number of esters is 1. The van der Waals surface area contributed by atoms with Crippen molar-refractivity contribution in [1.29, 1.82) is 0 Å². The van der Waals surface area contributed by atoms with Gasteiger partial charge in [0, 0.05) is 23.0 Å². The highest BCUT2D eigenvalue weighted by Gasteiger charge is 2.19. The van der Waals surface area contributed by atoms with Crippen LogP contribution in [0.4, 0.5) is 0 Å². The molecule has 0 bridgehead atoms. The van der Waals surface area contributed by atoms with Crippen LogP contribution in [-0.2, 0) is 9.53 Å². The first kappa shape index (κ1) is 18.4. The SMILES string of the molecule is CCOC(=O)CSc1nnc(-c2cccnc2)n1-c1cc(Cl)ccc1C. The molecule has 0 saturated heterocycles. The molecule has 8 heteroatoms. The van der Waals surface area contributed by atoms with Crippen LogP contribution in [-0.4, -0.2) is 38.1 Å². The van der Waals surface area contributed by atoms with Crippen molar-refractivity contribution in [3.05, 3.63) is 53.3 Å². The Morgan fingerprint density at radius 1 is 1.31 bits per heavy atom. The highest BCUT2D eigenvalue weighted by Crippen LogP contribution is 2.30. The standard InChI is InChI=1S/C18H17ClN4O2S/c1-3-25-16(24)11-26-18-22-21-17(13-5-4-8-20-10-13)23(18)15-9-14(19)7-6-12(15)2/h4-10H,3,11H2,1-2H3. The Balaban J connectivity index is 2.07. The number of halogens is 1. The van der Waals surface area contributed by atoms with Crippen LogP contribution in [0.3, 0.4) is 0 Å². The van der Waals surface area contributed by atoms with E-state index in [4.69, 9.17) is 16.3 Å². The Kier molecular flexibility index (Phi) is 5.90. The number of pyridine rings is 1. The van der Waals surface area contributed by atoms with E-state index in [2.05, 4.69) is 15.2 Å². The quantitative estimate of drug-likeness (QED) is 0.470. The predicted octanol–water partition coefficient (Wildman–Crippen LogP) is 3.95. The molecule has 0 radical (unpaired) electrons. The molecule has 6 nitrogen and oxygen atoms in total.